The molecule has 0 saturated carbocycles. The zero-order valence-corrected chi connectivity index (χ0v) is 23.5. The molecule has 2 rings (SSSR count). The lowest BCUT2D eigenvalue weighted by Crippen LogP contribution is -2.51. The van der Waals surface area contributed by atoms with E-state index in [2.05, 4.69) is 5.32 Å². The summed E-state index contributed by atoms with van der Waals surface area (Å²) in [5.74, 6) is -0.365. The lowest BCUT2D eigenvalue weighted by atomic mass is 10.1. The van der Waals surface area contributed by atoms with E-state index in [1.165, 1.54) is 4.90 Å². The molecule has 0 spiro atoms. The molecule has 0 saturated heterocycles. The van der Waals surface area contributed by atoms with E-state index in [-0.39, 0.29) is 24.1 Å². The summed E-state index contributed by atoms with van der Waals surface area (Å²) in [6.45, 7) is 7.57. The Balaban J connectivity index is 2.44. The Kier molecular flexibility index (Phi) is 10.9. The number of halogens is 2. The third kappa shape index (κ3) is 8.28. The molecule has 0 aliphatic rings. The fourth-order valence-electron chi connectivity index (χ4n) is 3.41. The third-order valence-corrected chi connectivity index (χ3v) is 7.17. The summed E-state index contributed by atoms with van der Waals surface area (Å²) in [6.07, 6.45) is 1.02. The lowest BCUT2D eigenvalue weighted by Gasteiger charge is -2.32. The molecule has 1 N–H and O–H groups in total. The highest BCUT2D eigenvalue weighted by atomic mass is 35.5. The molecule has 8 nitrogen and oxygen atoms in total. The first-order chi connectivity index (χ1) is 16.8. The van der Waals surface area contributed by atoms with Gasteiger partial charge in [-0.15, -0.1) is 0 Å². The Morgan fingerprint density at radius 1 is 1.06 bits per heavy atom. The van der Waals surface area contributed by atoms with Crippen LogP contribution in [0.15, 0.2) is 42.5 Å². The number of carbonyl (C=O) groups is 2. The smallest absolute Gasteiger partial charge is 0.244 e. The van der Waals surface area contributed by atoms with Gasteiger partial charge in [-0.1, -0.05) is 55.2 Å². The minimum absolute atomic E-state index is 0.0245. The van der Waals surface area contributed by atoms with Gasteiger partial charge in [-0.3, -0.25) is 13.9 Å². The van der Waals surface area contributed by atoms with Gasteiger partial charge in [0.2, 0.25) is 21.8 Å². The maximum Gasteiger partial charge on any atom is 0.244 e. The first kappa shape index (κ1) is 29.7. The van der Waals surface area contributed by atoms with Gasteiger partial charge in [-0.25, -0.2) is 8.42 Å². The molecule has 1 atom stereocenters. The number of rotatable bonds is 12. The van der Waals surface area contributed by atoms with E-state index in [9.17, 15) is 18.0 Å². The van der Waals surface area contributed by atoms with Gasteiger partial charge >= 0.3 is 0 Å². The van der Waals surface area contributed by atoms with Crippen molar-refractivity contribution in [2.75, 3.05) is 30.3 Å². The van der Waals surface area contributed by atoms with Crippen molar-refractivity contribution in [2.24, 2.45) is 5.92 Å². The van der Waals surface area contributed by atoms with Crippen LogP contribution >= 0.6 is 23.2 Å². The number of carbonyl (C=O) groups excluding carboxylic acids is 2. The van der Waals surface area contributed by atoms with Crippen molar-refractivity contribution >= 4 is 50.7 Å². The van der Waals surface area contributed by atoms with Gasteiger partial charge in [0.25, 0.3) is 0 Å². The van der Waals surface area contributed by atoms with Crippen molar-refractivity contribution in [1.82, 2.24) is 10.2 Å². The summed E-state index contributed by atoms with van der Waals surface area (Å²) in [5, 5.41) is 3.50. The van der Waals surface area contributed by atoms with Crippen LogP contribution in [0.2, 0.25) is 10.0 Å². The van der Waals surface area contributed by atoms with E-state index in [0.29, 0.717) is 34.5 Å². The highest BCUT2D eigenvalue weighted by Crippen LogP contribution is 2.30. The standard InChI is InChI=1S/C25H33Cl2N3O5S/c1-6-35-23-10-8-7-9-22(23)30(36(5,33)34)16-24(31)29(18(4)25(32)28-14-17(2)3)15-19-11-12-20(26)21(27)13-19/h7-13,17-18H,6,14-16H2,1-5H3,(H,28,32)/t18-/m0/s1. The van der Waals surface area contributed by atoms with E-state index in [4.69, 9.17) is 27.9 Å². The molecular formula is C25H33Cl2N3O5S. The number of benzene rings is 2. The topological polar surface area (TPSA) is 96.0 Å². The van der Waals surface area contributed by atoms with Crippen LogP contribution in [-0.2, 0) is 26.2 Å². The van der Waals surface area contributed by atoms with Crippen molar-refractivity contribution in [3.8, 4) is 5.75 Å². The van der Waals surface area contributed by atoms with E-state index in [1.54, 1.807) is 56.3 Å². The average molecular weight is 559 g/mol. The van der Waals surface area contributed by atoms with Crippen LogP contribution in [0.4, 0.5) is 5.69 Å². The number of nitrogens with one attached hydrogen (secondary N) is 1. The molecule has 0 bridgehead atoms. The minimum atomic E-state index is -3.87. The Labute approximate surface area is 223 Å². The molecule has 0 aliphatic heterocycles. The Morgan fingerprint density at radius 3 is 2.31 bits per heavy atom. The van der Waals surface area contributed by atoms with Crippen LogP contribution in [0.25, 0.3) is 0 Å². The second kappa shape index (κ2) is 13.2. The monoisotopic (exact) mass is 557 g/mol. The Hall–Kier alpha value is -2.49. The Bertz CT molecular complexity index is 1170. The summed E-state index contributed by atoms with van der Waals surface area (Å²) < 4.78 is 32.1. The van der Waals surface area contributed by atoms with Crippen LogP contribution in [0, 0.1) is 5.92 Å². The molecule has 2 aromatic rings. The van der Waals surface area contributed by atoms with Crippen LogP contribution in [-0.4, -0.2) is 57.1 Å². The molecule has 0 aliphatic carbocycles. The highest BCUT2D eigenvalue weighted by molar-refractivity contribution is 7.92. The molecule has 2 aromatic carbocycles. The number of anilines is 1. The molecule has 0 fully saturated rings. The number of hydrogen-bond acceptors (Lipinski definition) is 5. The highest BCUT2D eigenvalue weighted by Gasteiger charge is 2.31. The van der Waals surface area contributed by atoms with Gasteiger partial charge in [-0.2, -0.15) is 0 Å². The number of amides is 2. The largest absolute Gasteiger partial charge is 0.492 e. The zero-order valence-electron chi connectivity index (χ0n) is 21.1. The maximum atomic E-state index is 13.6. The van der Waals surface area contributed by atoms with Crippen molar-refractivity contribution in [2.45, 2.75) is 40.3 Å². The van der Waals surface area contributed by atoms with E-state index in [0.717, 1.165) is 10.6 Å². The number of nitrogens with zero attached hydrogens (tertiary/aromatic N) is 2. The van der Waals surface area contributed by atoms with Gasteiger partial charge < -0.3 is 15.0 Å². The van der Waals surface area contributed by atoms with Crippen molar-refractivity contribution in [3.63, 3.8) is 0 Å². The normalized spacial score (nSPS) is 12.2. The molecule has 198 valence electrons. The SMILES string of the molecule is CCOc1ccccc1N(CC(=O)N(Cc1ccc(Cl)c(Cl)c1)[C@@H](C)C(=O)NCC(C)C)S(C)(=O)=O. The first-order valence-electron chi connectivity index (χ1n) is 11.6. The van der Waals surface area contributed by atoms with Gasteiger partial charge in [0.15, 0.2) is 0 Å². The van der Waals surface area contributed by atoms with E-state index >= 15 is 0 Å². The average Bonchev–Trinajstić information content (AvgIpc) is 2.81. The first-order valence-corrected chi connectivity index (χ1v) is 14.2. The number of ether oxygens (including phenoxy) is 1. The molecule has 0 aromatic heterocycles. The van der Waals surface area contributed by atoms with Crippen LogP contribution < -0.4 is 14.4 Å². The van der Waals surface area contributed by atoms with Crippen molar-refractivity contribution in [1.29, 1.82) is 0 Å². The predicted molar refractivity (Wildman–Crippen MR) is 144 cm³/mol. The molecule has 0 heterocycles. The zero-order chi connectivity index (χ0) is 27.0. The third-order valence-electron chi connectivity index (χ3n) is 5.30. The van der Waals surface area contributed by atoms with Gasteiger partial charge in [0.1, 0.15) is 18.3 Å². The van der Waals surface area contributed by atoms with Gasteiger partial charge in [0, 0.05) is 13.1 Å². The summed E-state index contributed by atoms with van der Waals surface area (Å²) in [7, 11) is -3.87. The molecule has 0 radical (unpaired) electrons. The van der Waals surface area contributed by atoms with Gasteiger partial charge in [0.05, 0.1) is 28.6 Å². The summed E-state index contributed by atoms with van der Waals surface area (Å²) in [6, 6.07) is 10.6. The lowest BCUT2D eigenvalue weighted by molar-refractivity contribution is -0.139. The van der Waals surface area contributed by atoms with Crippen molar-refractivity contribution in [3.05, 3.63) is 58.1 Å². The number of hydrogen-bond donors (Lipinski definition) is 1. The molecule has 11 heteroatoms. The van der Waals surface area contributed by atoms with E-state index < -0.39 is 28.5 Å². The van der Waals surface area contributed by atoms with Gasteiger partial charge in [-0.05, 0) is 49.6 Å². The van der Waals surface area contributed by atoms with Crippen LogP contribution in [0.5, 0.6) is 5.75 Å². The quantitative estimate of drug-likeness (QED) is 0.418. The second-order valence-electron chi connectivity index (χ2n) is 8.76. The van der Waals surface area contributed by atoms with E-state index in [1.807, 2.05) is 13.8 Å². The molecule has 36 heavy (non-hydrogen) atoms. The second-order valence-corrected chi connectivity index (χ2v) is 11.5. The summed E-state index contributed by atoms with van der Waals surface area (Å²) in [4.78, 5) is 27.8. The summed E-state index contributed by atoms with van der Waals surface area (Å²) in [5.41, 5.74) is 0.878. The number of para-hydroxylation sites is 2. The number of sulfonamides is 1. The fourth-order valence-corrected chi connectivity index (χ4v) is 4.58. The van der Waals surface area contributed by atoms with Crippen LogP contribution in [0.3, 0.4) is 0 Å². The van der Waals surface area contributed by atoms with Crippen LogP contribution in [0.1, 0.15) is 33.3 Å². The fraction of sp³-hybridized carbons (Fsp3) is 0.440. The molecular weight excluding hydrogens is 525 g/mol. The minimum Gasteiger partial charge on any atom is -0.492 e. The molecule has 2 amide bonds. The van der Waals surface area contributed by atoms with Crippen molar-refractivity contribution < 1.29 is 22.7 Å². The Morgan fingerprint density at radius 2 is 1.72 bits per heavy atom. The maximum absolute atomic E-state index is 13.6. The molecule has 0 unspecified atom stereocenters. The predicted octanol–water partition coefficient (Wildman–Crippen LogP) is 4.35. The summed E-state index contributed by atoms with van der Waals surface area (Å²) >= 11 is 12.2.